The van der Waals surface area contributed by atoms with Gasteiger partial charge in [0.05, 0.1) is 11.9 Å². The third-order valence-electron chi connectivity index (χ3n) is 2.16. The van der Waals surface area contributed by atoms with Crippen LogP contribution in [0.4, 0.5) is 0 Å². The second-order valence-electron chi connectivity index (χ2n) is 3.22. The largest absolute Gasteiger partial charge is 0.305 e. The molecule has 0 bridgehead atoms. The Morgan fingerprint density at radius 3 is 3.07 bits per heavy atom. The third-order valence-corrected chi connectivity index (χ3v) is 2.16. The van der Waals surface area contributed by atoms with Gasteiger partial charge in [-0.25, -0.2) is 0 Å². The summed E-state index contributed by atoms with van der Waals surface area (Å²) >= 11 is 0. The lowest BCUT2D eigenvalue weighted by Crippen LogP contribution is -2.18. The van der Waals surface area contributed by atoms with E-state index in [1.165, 1.54) is 0 Å². The Labute approximate surface area is 81.9 Å². The standard InChI is InChI=1S/C9H13N5/c1-7(9-2-3-11-14-9)10-4-8-5-12-13-6-8/h2-3,5-7,10H,4H2,1H3,(H,11,14)(H,12,13). The maximum absolute atomic E-state index is 3.90. The Kier molecular flexibility index (Phi) is 2.60. The quantitative estimate of drug-likeness (QED) is 0.674. The molecule has 0 aliphatic carbocycles. The predicted molar refractivity (Wildman–Crippen MR) is 52.4 cm³/mol. The Bertz CT molecular complexity index is 350. The highest BCUT2D eigenvalue weighted by Crippen LogP contribution is 2.08. The zero-order valence-electron chi connectivity index (χ0n) is 7.99. The van der Waals surface area contributed by atoms with Gasteiger partial charge in [0.25, 0.3) is 0 Å². The monoisotopic (exact) mass is 191 g/mol. The summed E-state index contributed by atoms with van der Waals surface area (Å²) in [6.45, 7) is 2.89. The number of hydrogen-bond donors (Lipinski definition) is 3. The summed E-state index contributed by atoms with van der Waals surface area (Å²) in [6.07, 6.45) is 5.45. The Morgan fingerprint density at radius 2 is 2.43 bits per heavy atom. The van der Waals surface area contributed by atoms with E-state index in [2.05, 4.69) is 32.6 Å². The van der Waals surface area contributed by atoms with Gasteiger partial charge in [0.15, 0.2) is 0 Å². The van der Waals surface area contributed by atoms with E-state index in [1.807, 2.05) is 18.5 Å². The normalized spacial score (nSPS) is 12.9. The fourth-order valence-electron chi connectivity index (χ4n) is 1.26. The molecule has 3 N–H and O–H groups in total. The van der Waals surface area contributed by atoms with Gasteiger partial charge in [-0.2, -0.15) is 10.2 Å². The van der Waals surface area contributed by atoms with Crippen LogP contribution in [-0.2, 0) is 6.54 Å². The molecule has 1 atom stereocenters. The highest BCUT2D eigenvalue weighted by molar-refractivity contribution is 5.06. The molecule has 0 amide bonds. The van der Waals surface area contributed by atoms with E-state index < -0.39 is 0 Å². The van der Waals surface area contributed by atoms with E-state index in [1.54, 1.807) is 6.20 Å². The fourth-order valence-corrected chi connectivity index (χ4v) is 1.26. The number of rotatable bonds is 4. The second kappa shape index (κ2) is 4.06. The van der Waals surface area contributed by atoms with E-state index in [-0.39, 0.29) is 6.04 Å². The first kappa shape index (κ1) is 8.96. The molecule has 5 nitrogen and oxygen atoms in total. The van der Waals surface area contributed by atoms with Crippen molar-refractivity contribution < 1.29 is 0 Å². The number of hydrogen-bond acceptors (Lipinski definition) is 3. The lowest BCUT2D eigenvalue weighted by Gasteiger charge is -2.10. The topological polar surface area (TPSA) is 69.4 Å². The minimum atomic E-state index is 0.271. The van der Waals surface area contributed by atoms with Crippen molar-refractivity contribution in [2.75, 3.05) is 0 Å². The van der Waals surface area contributed by atoms with Crippen molar-refractivity contribution in [3.63, 3.8) is 0 Å². The first-order valence-corrected chi connectivity index (χ1v) is 4.56. The molecule has 0 fully saturated rings. The average Bonchev–Trinajstić information content (AvgIpc) is 2.87. The molecule has 2 heterocycles. The molecule has 0 aliphatic heterocycles. The van der Waals surface area contributed by atoms with Crippen LogP contribution in [0.15, 0.2) is 24.7 Å². The predicted octanol–water partition coefficient (Wildman–Crippen LogP) is 0.984. The number of nitrogens with zero attached hydrogens (tertiary/aromatic N) is 2. The summed E-state index contributed by atoms with van der Waals surface area (Å²) in [6, 6.07) is 2.24. The highest BCUT2D eigenvalue weighted by Gasteiger charge is 2.05. The Hall–Kier alpha value is -1.62. The summed E-state index contributed by atoms with van der Waals surface area (Å²) < 4.78 is 0. The molecule has 2 aromatic heterocycles. The molecular weight excluding hydrogens is 178 g/mol. The van der Waals surface area contributed by atoms with Crippen molar-refractivity contribution in [2.24, 2.45) is 0 Å². The zero-order chi connectivity index (χ0) is 9.80. The number of nitrogens with one attached hydrogen (secondary N) is 3. The third kappa shape index (κ3) is 2.00. The van der Waals surface area contributed by atoms with E-state index in [9.17, 15) is 0 Å². The van der Waals surface area contributed by atoms with Crippen LogP contribution >= 0.6 is 0 Å². The van der Waals surface area contributed by atoms with Crippen LogP contribution < -0.4 is 5.32 Å². The molecule has 74 valence electrons. The SMILES string of the molecule is CC(NCc1cn[nH]c1)c1ccn[nH]1. The van der Waals surface area contributed by atoms with E-state index >= 15 is 0 Å². The zero-order valence-corrected chi connectivity index (χ0v) is 7.99. The van der Waals surface area contributed by atoms with Gasteiger partial charge in [0, 0.05) is 30.5 Å². The number of aromatic nitrogens is 4. The summed E-state index contributed by atoms with van der Waals surface area (Å²) in [7, 11) is 0. The summed E-state index contributed by atoms with van der Waals surface area (Å²) in [4.78, 5) is 0. The van der Waals surface area contributed by atoms with E-state index in [0.29, 0.717) is 0 Å². The Balaban J connectivity index is 1.87. The molecule has 2 aromatic rings. The van der Waals surface area contributed by atoms with Crippen LogP contribution in [0.3, 0.4) is 0 Å². The molecular formula is C9H13N5. The molecule has 0 aromatic carbocycles. The highest BCUT2D eigenvalue weighted by atomic mass is 15.1. The van der Waals surface area contributed by atoms with Gasteiger partial charge in [-0.05, 0) is 13.0 Å². The molecule has 2 rings (SSSR count). The first-order chi connectivity index (χ1) is 6.86. The first-order valence-electron chi connectivity index (χ1n) is 4.56. The van der Waals surface area contributed by atoms with Crippen LogP contribution in [0.1, 0.15) is 24.2 Å². The molecule has 0 saturated carbocycles. The van der Waals surface area contributed by atoms with Gasteiger partial charge in [0.1, 0.15) is 0 Å². The number of aromatic amines is 2. The van der Waals surface area contributed by atoms with Crippen LogP contribution in [0.5, 0.6) is 0 Å². The molecule has 0 aliphatic rings. The van der Waals surface area contributed by atoms with Gasteiger partial charge in [-0.3, -0.25) is 10.2 Å². The average molecular weight is 191 g/mol. The molecule has 0 radical (unpaired) electrons. The van der Waals surface area contributed by atoms with Crippen LogP contribution in [0.25, 0.3) is 0 Å². The second-order valence-corrected chi connectivity index (χ2v) is 3.22. The van der Waals surface area contributed by atoms with Gasteiger partial charge in [-0.1, -0.05) is 0 Å². The minimum absolute atomic E-state index is 0.271. The van der Waals surface area contributed by atoms with Crippen molar-refractivity contribution in [3.8, 4) is 0 Å². The minimum Gasteiger partial charge on any atom is -0.305 e. The molecule has 0 saturated heterocycles. The summed E-state index contributed by atoms with van der Waals surface area (Å²) in [5, 5.41) is 16.8. The lowest BCUT2D eigenvalue weighted by atomic mass is 10.2. The van der Waals surface area contributed by atoms with Crippen LogP contribution in [0, 0.1) is 0 Å². The Morgan fingerprint density at radius 1 is 1.50 bits per heavy atom. The lowest BCUT2D eigenvalue weighted by molar-refractivity contribution is 0.560. The van der Waals surface area contributed by atoms with Crippen LogP contribution in [-0.4, -0.2) is 20.4 Å². The summed E-state index contributed by atoms with van der Waals surface area (Å²) in [5.41, 5.74) is 2.24. The molecule has 1 unspecified atom stereocenters. The van der Waals surface area contributed by atoms with Gasteiger partial charge in [0.2, 0.25) is 0 Å². The van der Waals surface area contributed by atoms with Crippen molar-refractivity contribution in [1.82, 2.24) is 25.7 Å². The van der Waals surface area contributed by atoms with Crippen molar-refractivity contribution in [3.05, 3.63) is 35.9 Å². The maximum atomic E-state index is 3.90. The van der Waals surface area contributed by atoms with Gasteiger partial charge >= 0.3 is 0 Å². The van der Waals surface area contributed by atoms with Gasteiger partial charge < -0.3 is 5.32 Å². The van der Waals surface area contributed by atoms with Crippen LogP contribution in [0.2, 0.25) is 0 Å². The maximum Gasteiger partial charge on any atom is 0.0532 e. The van der Waals surface area contributed by atoms with E-state index in [4.69, 9.17) is 0 Å². The molecule has 14 heavy (non-hydrogen) atoms. The smallest absolute Gasteiger partial charge is 0.0532 e. The fraction of sp³-hybridized carbons (Fsp3) is 0.333. The summed E-state index contributed by atoms with van der Waals surface area (Å²) in [5.74, 6) is 0. The van der Waals surface area contributed by atoms with Crippen molar-refractivity contribution >= 4 is 0 Å². The van der Waals surface area contributed by atoms with Gasteiger partial charge in [-0.15, -0.1) is 0 Å². The van der Waals surface area contributed by atoms with Crippen molar-refractivity contribution in [2.45, 2.75) is 19.5 Å². The number of H-pyrrole nitrogens is 2. The molecule has 0 spiro atoms. The van der Waals surface area contributed by atoms with Crippen molar-refractivity contribution in [1.29, 1.82) is 0 Å². The molecule has 5 heteroatoms. The van der Waals surface area contributed by atoms with E-state index in [0.717, 1.165) is 17.8 Å².